The molecule has 4 nitrogen and oxygen atoms in total. The Kier molecular flexibility index (Phi) is 7.72. The van der Waals surface area contributed by atoms with Crippen molar-refractivity contribution in [3.63, 3.8) is 0 Å². The minimum absolute atomic E-state index is 0.209. The molecule has 0 saturated heterocycles. The largest absolute Gasteiger partial charge is 0.493 e. The monoisotopic (exact) mass is 451 g/mol. The molecule has 0 aliphatic carbocycles. The number of ether oxygens (including phenoxy) is 2. The van der Waals surface area contributed by atoms with Gasteiger partial charge >= 0.3 is 5.97 Å². The lowest BCUT2D eigenvalue weighted by Crippen LogP contribution is -2.10. The Hall–Kier alpha value is -3.26. The molecule has 3 aromatic carbocycles. The molecule has 0 spiro atoms. The van der Waals surface area contributed by atoms with Gasteiger partial charge in [0.2, 0.25) is 0 Å². The van der Waals surface area contributed by atoms with E-state index in [-0.39, 0.29) is 12.4 Å². The molecule has 0 heterocycles. The summed E-state index contributed by atoms with van der Waals surface area (Å²) in [5, 5.41) is 10.8. The summed E-state index contributed by atoms with van der Waals surface area (Å²) in [6, 6.07) is 21.7. The van der Waals surface area contributed by atoms with Gasteiger partial charge in [-0.15, -0.1) is 0 Å². The SMILES string of the molecule is COc1cc(/C=C(\C#N)c2ccc(Cl)cc2)ccc1OC(=O)CCc1cccc(Cl)c1. The Morgan fingerprint density at radius 3 is 2.45 bits per heavy atom. The molecule has 3 rings (SSSR count). The summed E-state index contributed by atoms with van der Waals surface area (Å²) < 4.78 is 10.9. The van der Waals surface area contributed by atoms with Gasteiger partial charge in [0, 0.05) is 16.5 Å². The number of carbonyl (C=O) groups excluding carboxylic acids is 1. The topological polar surface area (TPSA) is 59.3 Å². The number of allylic oxidation sites excluding steroid dienone is 1. The number of nitrogens with zero attached hydrogens (tertiary/aromatic N) is 1. The maximum atomic E-state index is 12.3. The van der Waals surface area contributed by atoms with Crippen molar-refractivity contribution < 1.29 is 14.3 Å². The summed E-state index contributed by atoms with van der Waals surface area (Å²) >= 11 is 11.9. The molecule has 0 bridgehead atoms. The van der Waals surface area contributed by atoms with E-state index in [1.54, 1.807) is 54.6 Å². The fraction of sp³-hybridized carbons (Fsp3) is 0.120. The van der Waals surface area contributed by atoms with Crippen LogP contribution >= 0.6 is 23.2 Å². The summed E-state index contributed by atoms with van der Waals surface area (Å²) in [6.07, 6.45) is 2.46. The van der Waals surface area contributed by atoms with Gasteiger partial charge < -0.3 is 9.47 Å². The molecular weight excluding hydrogens is 433 g/mol. The number of benzene rings is 3. The van der Waals surface area contributed by atoms with E-state index in [9.17, 15) is 10.1 Å². The van der Waals surface area contributed by atoms with Gasteiger partial charge in [-0.25, -0.2) is 0 Å². The van der Waals surface area contributed by atoms with Crippen LogP contribution in [0, 0.1) is 11.3 Å². The van der Waals surface area contributed by atoms with E-state index in [0.717, 1.165) is 16.7 Å². The molecule has 0 saturated carbocycles. The van der Waals surface area contributed by atoms with Crippen molar-refractivity contribution >= 4 is 40.8 Å². The van der Waals surface area contributed by atoms with Crippen LogP contribution in [-0.4, -0.2) is 13.1 Å². The van der Waals surface area contributed by atoms with Gasteiger partial charge in [0.05, 0.1) is 18.8 Å². The van der Waals surface area contributed by atoms with E-state index >= 15 is 0 Å². The van der Waals surface area contributed by atoms with Crippen LogP contribution in [0.1, 0.15) is 23.1 Å². The van der Waals surface area contributed by atoms with Gasteiger partial charge in [-0.2, -0.15) is 5.26 Å². The number of aryl methyl sites for hydroxylation is 1. The van der Waals surface area contributed by atoms with Crippen molar-refractivity contribution in [3.8, 4) is 17.6 Å². The average Bonchev–Trinajstić information content (AvgIpc) is 2.77. The van der Waals surface area contributed by atoms with Crippen LogP contribution in [0.15, 0.2) is 66.7 Å². The Labute approximate surface area is 191 Å². The number of carbonyl (C=O) groups is 1. The van der Waals surface area contributed by atoms with Crippen LogP contribution in [0.25, 0.3) is 11.6 Å². The Morgan fingerprint density at radius 2 is 1.77 bits per heavy atom. The number of hydrogen-bond donors (Lipinski definition) is 0. The van der Waals surface area contributed by atoms with Gasteiger partial charge in [-0.1, -0.05) is 53.5 Å². The number of methoxy groups -OCH3 is 1. The van der Waals surface area contributed by atoms with Gasteiger partial charge in [-0.05, 0) is 65.6 Å². The molecule has 156 valence electrons. The third kappa shape index (κ3) is 6.36. The van der Waals surface area contributed by atoms with E-state index in [1.165, 1.54) is 7.11 Å². The molecule has 0 radical (unpaired) electrons. The molecular formula is C25H19Cl2NO3. The Bertz CT molecular complexity index is 1150. The summed E-state index contributed by atoms with van der Waals surface area (Å²) in [4.78, 5) is 12.3. The summed E-state index contributed by atoms with van der Waals surface area (Å²) in [5.41, 5.74) is 2.93. The fourth-order valence-electron chi connectivity index (χ4n) is 2.95. The molecule has 0 fully saturated rings. The summed E-state index contributed by atoms with van der Waals surface area (Å²) in [7, 11) is 1.50. The third-order valence-corrected chi connectivity index (χ3v) is 4.99. The smallest absolute Gasteiger partial charge is 0.311 e. The minimum atomic E-state index is -0.375. The van der Waals surface area contributed by atoms with Crippen LogP contribution in [0.2, 0.25) is 10.0 Å². The second-order valence-corrected chi connectivity index (χ2v) is 7.56. The van der Waals surface area contributed by atoms with Crippen LogP contribution in [-0.2, 0) is 11.2 Å². The molecule has 0 N–H and O–H groups in total. The molecule has 0 amide bonds. The average molecular weight is 452 g/mol. The lowest BCUT2D eigenvalue weighted by molar-refractivity contribution is -0.134. The van der Waals surface area contributed by atoms with Crippen molar-refractivity contribution in [2.24, 2.45) is 0 Å². The lowest BCUT2D eigenvalue weighted by Gasteiger charge is -2.10. The van der Waals surface area contributed by atoms with Crippen molar-refractivity contribution in [1.82, 2.24) is 0 Å². The lowest BCUT2D eigenvalue weighted by atomic mass is 10.0. The predicted octanol–water partition coefficient (Wildman–Crippen LogP) is 6.60. The summed E-state index contributed by atoms with van der Waals surface area (Å²) in [6.45, 7) is 0. The quantitative estimate of drug-likeness (QED) is 0.175. The summed E-state index contributed by atoms with van der Waals surface area (Å²) in [5.74, 6) is 0.347. The third-order valence-electron chi connectivity index (χ3n) is 4.50. The second kappa shape index (κ2) is 10.7. The van der Waals surface area contributed by atoms with Crippen molar-refractivity contribution in [2.75, 3.05) is 7.11 Å². The number of hydrogen-bond acceptors (Lipinski definition) is 4. The first-order chi connectivity index (χ1) is 15.0. The standard InChI is InChI=1S/C25H19Cl2NO3/c1-30-24-15-18(13-20(16-28)19-7-9-21(26)10-8-19)5-11-23(24)31-25(29)12-6-17-3-2-4-22(27)14-17/h2-5,7-11,13-15H,6,12H2,1H3/b20-13+. The van der Waals surface area contributed by atoms with Crippen LogP contribution in [0.4, 0.5) is 0 Å². The van der Waals surface area contributed by atoms with Gasteiger partial charge in [0.1, 0.15) is 0 Å². The molecule has 3 aromatic rings. The Morgan fingerprint density at radius 1 is 1.00 bits per heavy atom. The van der Waals surface area contributed by atoms with Crippen molar-refractivity contribution in [2.45, 2.75) is 12.8 Å². The first-order valence-corrected chi connectivity index (χ1v) is 10.2. The zero-order valence-electron chi connectivity index (χ0n) is 16.8. The highest BCUT2D eigenvalue weighted by Crippen LogP contribution is 2.30. The highest BCUT2D eigenvalue weighted by Gasteiger charge is 2.12. The molecule has 6 heteroatoms. The maximum absolute atomic E-state index is 12.3. The van der Waals surface area contributed by atoms with Crippen molar-refractivity contribution in [1.29, 1.82) is 5.26 Å². The first kappa shape index (κ1) is 22.4. The first-order valence-electron chi connectivity index (χ1n) is 9.49. The van der Waals surface area contributed by atoms with Crippen molar-refractivity contribution in [3.05, 3.63) is 93.5 Å². The van der Waals surface area contributed by atoms with E-state index < -0.39 is 0 Å². The molecule has 0 unspecified atom stereocenters. The van der Waals surface area contributed by atoms with E-state index in [2.05, 4.69) is 6.07 Å². The molecule has 0 aliphatic rings. The normalized spacial score (nSPS) is 11.0. The van der Waals surface area contributed by atoms with E-state index in [0.29, 0.717) is 33.5 Å². The molecule has 0 atom stereocenters. The highest BCUT2D eigenvalue weighted by atomic mass is 35.5. The molecule has 0 aromatic heterocycles. The molecule has 0 aliphatic heterocycles. The fourth-order valence-corrected chi connectivity index (χ4v) is 3.29. The van der Waals surface area contributed by atoms with Crippen LogP contribution in [0.3, 0.4) is 0 Å². The zero-order valence-corrected chi connectivity index (χ0v) is 18.3. The van der Waals surface area contributed by atoms with Gasteiger partial charge in [0.15, 0.2) is 11.5 Å². The predicted molar refractivity (Wildman–Crippen MR) is 123 cm³/mol. The van der Waals surface area contributed by atoms with Crippen LogP contribution < -0.4 is 9.47 Å². The zero-order chi connectivity index (χ0) is 22.2. The minimum Gasteiger partial charge on any atom is -0.493 e. The van der Waals surface area contributed by atoms with E-state index in [4.69, 9.17) is 32.7 Å². The Balaban J connectivity index is 1.72. The number of halogens is 2. The number of esters is 1. The molecule has 31 heavy (non-hydrogen) atoms. The van der Waals surface area contributed by atoms with Gasteiger partial charge in [-0.3, -0.25) is 4.79 Å². The number of rotatable bonds is 7. The highest BCUT2D eigenvalue weighted by molar-refractivity contribution is 6.30. The van der Waals surface area contributed by atoms with Crippen LogP contribution in [0.5, 0.6) is 11.5 Å². The van der Waals surface area contributed by atoms with E-state index in [1.807, 2.05) is 18.2 Å². The second-order valence-electron chi connectivity index (χ2n) is 6.69. The van der Waals surface area contributed by atoms with Gasteiger partial charge in [0.25, 0.3) is 0 Å². The maximum Gasteiger partial charge on any atom is 0.311 e. The number of nitriles is 1.